The monoisotopic (exact) mass is 970 g/mol. The number of aromatic amines is 2. The lowest BCUT2D eigenvalue weighted by molar-refractivity contribution is 0.143. The number of benzene rings is 4. The smallest absolute Gasteiger partial charge is 0.497 e. The highest BCUT2D eigenvalue weighted by Gasteiger charge is 2.22. The number of halogens is 1. The average molecular weight is 971 g/mol. The van der Waals surface area contributed by atoms with Gasteiger partial charge in [-0.1, -0.05) is 0 Å². The molecule has 0 bridgehead atoms. The van der Waals surface area contributed by atoms with Crippen LogP contribution in [0.2, 0.25) is 0 Å². The molecule has 0 amide bonds. The highest BCUT2D eigenvalue weighted by Crippen LogP contribution is 2.31. The fourth-order valence-corrected chi connectivity index (χ4v) is 9.70. The van der Waals surface area contributed by atoms with E-state index >= 15 is 0 Å². The van der Waals surface area contributed by atoms with Gasteiger partial charge in [-0.15, -0.1) is 0 Å². The van der Waals surface area contributed by atoms with Gasteiger partial charge in [0.1, 0.15) is 34.2 Å². The summed E-state index contributed by atoms with van der Waals surface area (Å²) in [5, 5.41) is 21.4. The molecule has 2 fully saturated rings. The van der Waals surface area contributed by atoms with Gasteiger partial charge in [-0.2, -0.15) is 0 Å². The van der Waals surface area contributed by atoms with E-state index < -0.39 is 23.8 Å². The molecule has 0 radical (unpaired) electrons. The quantitative estimate of drug-likeness (QED) is 0.0327. The van der Waals surface area contributed by atoms with E-state index in [0.717, 1.165) is 148 Å². The fourth-order valence-electron chi connectivity index (χ4n) is 9.70. The van der Waals surface area contributed by atoms with Crippen LogP contribution < -0.4 is 35.3 Å². The summed E-state index contributed by atoms with van der Waals surface area (Å²) >= 11 is 0. The summed E-state index contributed by atoms with van der Waals surface area (Å²) in [7, 11) is 1.60. The Kier molecular flexibility index (Phi) is 14.8. The lowest BCUT2D eigenvalue weighted by Gasteiger charge is -2.36. The number of aryl methyl sites for hydroxylation is 2. The number of rotatable bonds is 15. The molecule has 4 aromatic heterocycles. The number of nitrogens with one attached hydrogen (secondary N) is 2. The Morgan fingerprint density at radius 3 is 1.46 bits per heavy atom. The minimum atomic E-state index is -1.32. The van der Waals surface area contributed by atoms with Gasteiger partial charge in [0.2, 0.25) is 0 Å². The number of H-pyrrole nitrogens is 2. The van der Waals surface area contributed by atoms with Gasteiger partial charge in [-0.3, -0.25) is 9.80 Å². The molecule has 8 aromatic rings. The zero-order valence-electron chi connectivity index (χ0n) is 39.3. The maximum absolute atomic E-state index is 13.6. The van der Waals surface area contributed by atoms with Gasteiger partial charge in [0.15, 0.2) is 0 Å². The van der Waals surface area contributed by atoms with Crippen LogP contribution in [-0.2, 0) is 12.8 Å². The number of aromatic nitrogens is 2. The van der Waals surface area contributed by atoms with Crippen LogP contribution in [0.25, 0.3) is 43.7 Å². The van der Waals surface area contributed by atoms with Crippen molar-refractivity contribution in [3.63, 3.8) is 0 Å². The van der Waals surface area contributed by atoms with Gasteiger partial charge in [0.25, 0.3) is 0 Å². The van der Waals surface area contributed by atoms with E-state index in [1.807, 2.05) is 36.7 Å². The first-order valence-corrected chi connectivity index (χ1v) is 23.8. The Balaban J connectivity index is 0.000000176. The molecular weight excluding hydrogens is 916 g/mol. The van der Waals surface area contributed by atoms with Crippen molar-refractivity contribution >= 4 is 67.4 Å². The van der Waals surface area contributed by atoms with Gasteiger partial charge in [-0.25, -0.2) is 23.6 Å². The number of piperazine rings is 2. The van der Waals surface area contributed by atoms with E-state index in [0.29, 0.717) is 22.8 Å². The molecule has 2 saturated heterocycles. The first kappa shape index (κ1) is 48.2. The largest absolute Gasteiger partial charge is 0.511 e. The van der Waals surface area contributed by atoms with Crippen LogP contribution in [-0.4, -0.2) is 115 Å². The zero-order chi connectivity index (χ0) is 49.4. The van der Waals surface area contributed by atoms with Crippen LogP contribution in [0, 0.1) is 5.82 Å². The number of hydrogen-bond acceptors (Lipinski definition) is 13. The van der Waals surface area contributed by atoms with Crippen molar-refractivity contribution in [1.29, 1.82) is 0 Å². The fraction of sp³-hybridized carbons (Fsp3) is 0.321. The third kappa shape index (κ3) is 11.8. The van der Waals surface area contributed by atoms with E-state index in [2.05, 4.69) is 29.6 Å². The molecule has 0 unspecified atom stereocenters. The first-order chi connectivity index (χ1) is 34.5. The standard InChI is InChI=1S/C27H29N3O6.C26H26FN3O5/c1-34-19-5-8-22-24(16-26(31)36-25(22)15-19)30-12-10-29(11-13-30)9-3-2-4-18-17-28-23-14-20(35-27(32)33)6-7-21(18)23;27-18-4-6-21-23(15-25(31)35-24(21)13-18)30-11-9-29(10-12-30)8-2-1-3-17-16-28-22-14-19(34-26(32)33)5-7-20(17)22/h5-8,14-17,28H,2-4,9-13H2,1H3,(H,32,33);4-7,13-16,28H,1-3,8-12H2,(H,32,33). The van der Waals surface area contributed by atoms with Crippen molar-refractivity contribution in [1.82, 2.24) is 19.8 Å². The predicted octanol–water partition coefficient (Wildman–Crippen LogP) is 9.10. The average Bonchev–Trinajstić information content (AvgIpc) is 3.96. The van der Waals surface area contributed by atoms with E-state index in [1.54, 1.807) is 49.6 Å². The minimum absolute atomic E-state index is 0.276. The molecule has 17 nitrogen and oxygen atoms in total. The summed E-state index contributed by atoms with van der Waals surface area (Å²) in [5.41, 5.74) is 5.88. The Hall–Kier alpha value is -7.83. The number of carbonyl (C=O) groups is 2. The van der Waals surface area contributed by atoms with Crippen molar-refractivity contribution < 1.29 is 47.2 Å². The Labute approximate surface area is 406 Å². The molecule has 0 spiro atoms. The van der Waals surface area contributed by atoms with Gasteiger partial charge in [0, 0.05) is 134 Å². The lowest BCUT2D eigenvalue weighted by atomic mass is 10.1. The van der Waals surface area contributed by atoms with Gasteiger partial charge >= 0.3 is 23.6 Å². The number of ether oxygens (including phenoxy) is 3. The summed E-state index contributed by atoms with van der Waals surface area (Å²) in [6, 6.07) is 23.5. The van der Waals surface area contributed by atoms with E-state index in [9.17, 15) is 23.6 Å². The predicted molar refractivity (Wildman–Crippen MR) is 269 cm³/mol. The highest BCUT2D eigenvalue weighted by molar-refractivity contribution is 5.92. The van der Waals surface area contributed by atoms with Gasteiger partial charge < -0.3 is 53.0 Å². The minimum Gasteiger partial charge on any atom is -0.497 e. The molecule has 2 aliphatic heterocycles. The Bertz CT molecular complexity index is 3290. The summed E-state index contributed by atoms with van der Waals surface area (Å²) in [6.45, 7) is 8.98. The van der Waals surface area contributed by atoms with Gasteiger partial charge in [0.05, 0.1) is 18.5 Å². The van der Waals surface area contributed by atoms with Crippen LogP contribution in [0.15, 0.2) is 116 Å². The van der Waals surface area contributed by atoms with Gasteiger partial charge in [-0.05, 0) is 111 Å². The second kappa shape index (κ2) is 21.9. The second-order valence-corrected chi connectivity index (χ2v) is 17.8. The van der Waals surface area contributed by atoms with Crippen LogP contribution in [0.5, 0.6) is 17.2 Å². The molecule has 4 N–H and O–H groups in total. The van der Waals surface area contributed by atoms with Crippen molar-refractivity contribution in [3.8, 4) is 17.2 Å². The third-order valence-corrected chi connectivity index (χ3v) is 13.3. The normalized spacial score (nSPS) is 14.5. The molecule has 6 heterocycles. The summed E-state index contributed by atoms with van der Waals surface area (Å²) in [4.78, 5) is 61.3. The van der Waals surface area contributed by atoms with Crippen LogP contribution >= 0.6 is 0 Å². The number of anilines is 2. The summed E-state index contributed by atoms with van der Waals surface area (Å²) in [6.07, 6.45) is 7.46. The molecule has 0 atom stereocenters. The zero-order valence-corrected chi connectivity index (χ0v) is 39.3. The van der Waals surface area contributed by atoms with Crippen molar-refractivity contribution in [2.45, 2.75) is 38.5 Å². The SMILES string of the molecule is COc1ccc2c(N3CCN(CCCCc4c[nH]c5cc(OC(=O)O)ccc45)CC3)cc(=O)oc2c1.O=C(O)Oc1ccc2c(CCCCN3CCN(c4cc(=O)oc5cc(F)ccc45)CC3)c[nH]c2c1. The third-order valence-electron chi connectivity index (χ3n) is 13.3. The molecular formula is C53H55FN6O11. The van der Waals surface area contributed by atoms with Crippen LogP contribution in [0.3, 0.4) is 0 Å². The summed E-state index contributed by atoms with van der Waals surface area (Å²) in [5.74, 6) is 0.852. The van der Waals surface area contributed by atoms with Crippen molar-refractivity contribution in [2.75, 3.05) is 82.4 Å². The second-order valence-electron chi connectivity index (χ2n) is 17.8. The van der Waals surface area contributed by atoms with E-state index in [4.69, 9.17) is 33.3 Å². The Morgan fingerprint density at radius 1 is 0.563 bits per heavy atom. The number of carboxylic acid groups (broad SMARTS) is 2. The molecule has 18 heteroatoms. The molecule has 0 aliphatic carbocycles. The van der Waals surface area contributed by atoms with Crippen LogP contribution in [0.1, 0.15) is 36.8 Å². The van der Waals surface area contributed by atoms with E-state index in [1.165, 1.54) is 29.3 Å². The molecule has 370 valence electrons. The molecule has 2 aliphatic rings. The number of methoxy groups -OCH3 is 1. The summed E-state index contributed by atoms with van der Waals surface area (Å²) < 4.78 is 38.8. The Morgan fingerprint density at radius 2 is 1.00 bits per heavy atom. The topological polar surface area (TPSA) is 207 Å². The number of fused-ring (bicyclic) bond motifs is 4. The van der Waals surface area contributed by atoms with Crippen molar-refractivity contribution in [2.24, 2.45) is 0 Å². The lowest BCUT2D eigenvalue weighted by Crippen LogP contribution is -2.46. The van der Waals surface area contributed by atoms with E-state index in [-0.39, 0.29) is 11.2 Å². The number of nitrogens with zero attached hydrogens (tertiary/aromatic N) is 4. The number of hydrogen-bond donors (Lipinski definition) is 4. The maximum atomic E-state index is 13.6. The highest BCUT2D eigenvalue weighted by atomic mass is 19.1. The van der Waals surface area contributed by atoms with Crippen LogP contribution in [0.4, 0.5) is 25.4 Å². The maximum Gasteiger partial charge on any atom is 0.511 e. The first-order valence-electron chi connectivity index (χ1n) is 23.8. The van der Waals surface area contributed by atoms with Crippen molar-refractivity contribution in [3.05, 3.63) is 135 Å². The molecule has 10 rings (SSSR count). The molecule has 0 saturated carbocycles. The number of unbranched alkanes of at least 4 members (excludes halogenated alkanes) is 2. The molecule has 71 heavy (non-hydrogen) atoms. The molecule has 4 aromatic carbocycles.